The van der Waals surface area contributed by atoms with Crippen LogP contribution in [-0.4, -0.2) is 38.7 Å². The van der Waals surface area contributed by atoms with Crippen LogP contribution >= 0.6 is 0 Å². The minimum absolute atomic E-state index is 0.0718. The minimum atomic E-state index is -0.714. The first-order valence-electron chi connectivity index (χ1n) is 10.7. The Kier molecular flexibility index (Phi) is 9.47. The summed E-state index contributed by atoms with van der Waals surface area (Å²) in [7, 11) is 3.25. The molecule has 3 N–H and O–H groups in total. The molecule has 0 bridgehead atoms. The third-order valence-corrected chi connectivity index (χ3v) is 4.82. The highest BCUT2D eigenvalue weighted by molar-refractivity contribution is 6.02. The molecule has 0 fully saturated rings. The van der Waals surface area contributed by atoms with Gasteiger partial charge in [-0.1, -0.05) is 44.1 Å². The third-order valence-electron chi connectivity index (χ3n) is 4.82. The maximum atomic E-state index is 13.2. The number of carbonyl (C=O) groups excluding carboxylic acids is 1. The van der Waals surface area contributed by atoms with E-state index in [0.29, 0.717) is 23.4 Å². The van der Waals surface area contributed by atoms with Crippen molar-refractivity contribution in [2.45, 2.75) is 39.4 Å². The molecule has 0 aliphatic heterocycles. The number of rotatable bonds is 9. The molecule has 2 rings (SSSR count). The largest absolute Gasteiger partial charge is 0.497 e. The third kappa shape index (κ3) is 8.61. The number of nitrogens with zero attached hydrogens (tertiary/aromatic N) is 2. The Morgan fingerprint density at radius 1 is 1.15 bits per heavy atom. The lowest BCUT2D eigenvalue weighted by molar-refractivity contribution is 0.100. The number of methoxy groups -OCH3 is 1. The molecule has 8 nitrogen and oxygen atoms in total. The van der Waals surface area contributed by atoms with Gasteiger partial charge in [-0.2, -0.15) is 9.90 Å². The average molecular weight is 458 g/mol. The van der Waals surface area contributed by atoms with Crippen molar-refractivity contribution >= 4 is 11.9 Å². The highest BCUT2D eigenvalue weighted by Gasteiger charge is 2.21. The van der Waals surface area contributed by atoms with Gasteiger partial charge < -0.3 is 20.7 Å². The Balaban J connectivity index is 2.23. The monoisotopic (exact) mass is 457 g/mol. The Morgan fingerprint density at radius 2 is 1.85 bits per heavy atom. The van der Waals surface area contributed by atoms with Gasteiger partial charge >= 0.3 is 0 Å². The SMILES string of the molecule is CNC(CC(N=O)c1ccc(F)cc1)N/C(=N\C(=O)c1cccc(OC)c1)NCC(C)(C)C. The van der Waals surface area contributed by atoms with E-state index >= 15 is 0 Å². The Morgan fingerprint density at radius 3 is 2.42 bits per heavy atom. The van der Waals surface area contributed by atoms with Crippen molar-refractivity contribution in [1.29, 1.82) is 0 Å². The lowest BCUT2D eigenvalue weighted by Gasteiger charge is -2.25. The van der Waals surface area contributed by atoms with Gasteiger partial charge in [-0.05, 0) is 48.4 Å². The number of benzene rings is 2. The molecule has 178 valence electrons. The van der Waals surface area contributed by atoms with E-state index in [2.05, 4.69) is 46.9 Å². The van der Waals surface area contributed by atoms with Crippen molar-refractivity contribution in [3.8, 4) is 5.75 Å². The van der Waals surface area contributed by atoms with Crippen molar-refractivity contribution < 1.29 is 13.9 Å². The van der Waals surface area contributed by atoms with Gasteiger partial charge in [-0.3, -0.25) is 4.79 Å². The summed E-state index contributed by atoms with van der Waals surface area (Å²) in [6.07, 6.45) is -0.183. The number of hydrogen-bond acceptors (Lipinski definition) is 5. The van der Waals surface area contributed by atoms with E-state index in [1.54, 1.807) is 31.3 Å². The van der Waals surface area contributed by atoms with Crippen molar-refractivity contribution in [3.63, 3.8) is 0 Å². The molecule has 2 aromatic carbocycles. The van der Waals surface area contributed by atoms with E-state index in [1.807, 2.05) is 0 Å². The highest BCUT2D eigenvalue weighted by Crippen LogP contribution is 2.22. The summed E-state index contributed by atoms with van der Waals surface area (Å²) in [5, 5.41) is 12.6. The maximum Gasteiger partial charge on any atom is 0.280 e. The molecule has 0 heterocycles. The van der Waals surface area contributed by atoms with E-state index in [-0.39, 0.29) is 23.6 Å². The fourth-order valence-corrected chi connectivity index (χ4v) is 2.96. The maximum absolute atomic E-state index is 13.2. The van der Waals surface area contributed by atoms with Gasteiger partial charge in [-0.15, -0.1) is 0 Å². The molecule has 0 radical (unpaired) electrons. The Labute approximate surface area is 194 Å². The summed E-state index contributed by atoms with van der Waals surface area (Å²) in [5.41, 5.74) is 0.908. The van der Waals surface area contributed by atoms with Crippen LogP contribution in [0.25, 0.3) is 0 Å². The van der Waals surface area contributed by atoms with E-state index < -0.39 is 18.1 Å². The van der Waals surface area contributed by atoms with Crippen LogP contribution in [0.4, 0.5) is 4.39 Å². The van der Waals surface area contributed by atoms with E-state index in [9.17, 15) is 14.1 Å². The van der Waals surface area contributed by atoms with Gasteiger partial charge in [0.25, 0.3) is 5.91 Å². The average Bonchev–Trinajstić information content (AvgIpc) is 2.80. The van der Waals surface area contributed by atoms with Gasteiger partial charge in [0.15, 0.2) is 0 Å². The zero-order chi connectivity index (χ0) is 24.4. The Hall–Kier alpha value is -3.33. The number of nitrogens with one attached hydrogen (secondary N) is 3. The molecule has 0 saturated carbocycles. The van der Waals surface area contributed by atoms with Crippen LogP contribution in [0.5, 0.6) is 5.75 Å². The highest BCUT2D eigenvalue weighted by atomic mass is 19.1. The number of hydrogen-bond donors (Lipinski definition) is 3. The second-order valence-corrected chi connectivity index (χ2v) is 8.81. The Bertz CT molecular complexity index is 957. The molecule has 2 atom stereocenters. The molecule has 33 heavy (non-hydrogen) atoms. The lowest BCUT2D eigenvalue weighted by atomic mass is 9.97. The van der Waals surface area contributed by atoms with Gasteiger partial charge in [0, 0.05) is 18.5 Å². The number of amides is 1. The summed E-state index contributed by atoms with van der Waals surface area (Å²) >= 11 is 0. The summed E-state index contributed by atoms with van der Waals surface area (Å²) in [6, 6.07) is 11.7. The second kappa shape index (κ2) is 12.1. The number of guanidine groups is 1. The van der Waals surface area contributed by atoms with Crippen LogP contribution in [0.15, 0.2) is 58.7 Å². The molecular weight excluding hydrogens is 425 g/mol. The fourth-order valence-electron chi connectivity index (χ4n) is 2.96. The molecule has 1 amide bonds. The van der Waals surface area contributed by atoms with Crippen molar-refractivity contribution in [3.05, 3.63) is 70.4 Å². The predicted molar refractivity (Wildman–Crippen MR) is 128 cm³/mol. The zero-order valence-corrected chi connectivity index (χ0v) is 19.7. The number of nitroso groups, excluding NO2 is 1. The zero-order valence-electron chi connectivity index (χ0n) is 19.7. The summed E-state index contributed by atoms with van der Waals surface area (Å²) in [5.74, 6) is -0.0128. The predicted octanol–water partition coefficient (Wildman–Crippen LogP) is 4.00. The smallest absolute Gasteiger partial charge is 0.280 e. The first-order chi connectivity index (χ1) is 15.6. The number of aliphatic imine (C=N–C) groups is 1. The molecule has 9 heteroatoms. The van der Waals surface area contributed by atoms with Crippen LogP contribution in [0.2, 0.25) is 0 Å². The standard InChI is InChI=1S/C24H32FN5O3/c1-24(2,3)15-27-23(29-22(31)17-7-6-8-19(13-17)33-5)28-21(26-4)14-20(30-32)16-9-11-18(25)12-10-16/h6-13,20-21,26H,14-15H2,1-5H3,(H2,27,28,29,31). The fraction of sp³-hybridized carbons (Fsp3) is 0.417. The summed E-state index contributed by atoms with van der Waals surface area (Å²) in [6.45, 7) is 6.71. The van der Waals surface area contributed by atoms with Gasteiger partial charge in [0.1, 0.15) is 17.6 Å². The van der Waals surface area contributed by atoms with Crippen LogP contribution in [0.3, 0.4) is 0 Å². The molecular formula is C24H32FN5O3. The quantitative estimate of drug-likeness (QED) is 0.228. The minimum Gasteiger partial charge on any atom is -0.497 e. The number of halogens is 1. The van der Waals surface area contributed by atoms with Crippen LogP contribution in [-0.2, 0) is 0 Å². The normalized spacial score (nSPS) is 13.7. The molecule has 2 unspecified atom stereocenters. The van der Waals surface area contributed by atoms with Crippen LogP contribution in [0.1, 0.15) is 49.2 Å². The van der Waals surface area contributed by atoms with Gasteiger partial charge in [0.05, 0.1) is 13.3 Å². The van der Waals surface area contributed by atoms with Crippen LogP contribution in [0, 0.1) is 16.1 Å². The van der Waals surface area contributed by atoms with Crippen LogP contribution < -0.4 is 20.7 Å². The lowest BCUT2D eigenvalue weighted by Crippen LogP contribution is -2.51. The van der Waals surface area contributed by atoms with Crippen molar-refractivity contribution in [2.75, 3.05) is 20.7 Å². The summed E-state index contributed by atoms with van der Waals surface area (Å²) < 4.78 is 18.4. The number of carbonyl (C=O) groups is 1. The topological polar surface area (TPSA) is 104 Å². The van der Waals surface area contributed by atoms with E-state index in [1.165, 1.54) is 31.4 Å². The first-order valence-corrected chi connectivity index (χ1v) is 10.7. The van der Waals surface area contributed by atoms with E-state index in [0.717, 1.165) is 0 Å². The summed E-state index contributed by atoms with van der Waals surface area (Å²) in [4.78, 5) is 28.5. The first kappa shape index (κ1) is 25.9. The van der Waals surface area contributed by atoms with Gasteiger partial charge in [0.2, 0.25) is 5.96 Å². The molecule has 0 aliphatic rings. The molecule has 0 spiro atoms. The molecule has 2 aromatic rings. The van der Waals surface area contributed by atoms with Gasteiger partial charge in [-0.25, -0.2) is 4.39 Å². The second-order valence-electron chi connectivity index (χ2n) is 8.81. The molecule has 0 aromatic heterocycles. The molecule has 0 saturated heterocycles. The molecule has 0 aliphatic carbocycles. The van der Waals surface area contributed by atoms with Crippen molar-refractivity contribution in [1.82, 2.24) is 16.0 Å². The van der Waals surface area contributed by atoms with E-state index in [4.69, 9.17) is 4.74 Å². The van der Waals surface area contributed by atoms with Crippen molar-refractivity contribution in [2.24, 2.45) is 15.6 Å². The number of ether oxygens (including phenoxy) is 1.